The molecule has 4 rings (SSSR count). The third-order valence-electron chi connectivity index (χ3n) is 4.30. The van der Waals surface area contributed by atoms with Crippen molar-refractivity contribution in [3.8, 4) is 40.1 Å². The lowest BCUT2D eigenvalue weighted by atomic mass is 10.2. The molecule has 0 aliphatic rings. The molecule has 1 N–H and O–H groups in total. The van der Waals surface area contributed by atoms with Crippen molar-refractivity contribution in [2.75, 3.05) is 21.3 Å². The van der Waals surface area contributed by atoms with Crippen LogP contribution in [-0.4, -0.2) is 46.7 Å². The fraction of sp³-hybridized carbons (Fsp3) is 0.200. The molecule has 0 amide bonds. The maximum absolute atomic E-state index is 6.10. The van der Waals surface area contributed by atoms with Crippen LogP contribution >= 0.6 is 23.4 Å². The first-order chi connectivity index (χ1) is 15.1. The predicted molar refractivity (Wildman–Crippen MR) is 116 cm³/mol. The molecule has 2 aromatic carbocycles. The van der Waals surface area contributed by atoms with Gasteiger partial charge in [0, 0.05) is 10.6 Å². The van der Waals surface area contributed by atoms with Gasteiger partial charge in [0.05, 0.1) is 32.6 Å². The van der Waals surface area contributed by atoms with Crippen LogP contribution in [0.1, 0.15) is 5.89 Å². The number of hydrogen-bond acceptors (Lipinski definition) is 9. The molecule has 0 saturated carbocycles. The molecule has 9 nitrogen and oxygen atoms in total. The van der Waals surface area contributed by atoms with Gasteiger partial charge in [0.25, 0.3) is 0 Å². The molecule has 0 aliphatic carbocycles. The van der Waals surface area contributed by atoms with Crippen molar-refractivity contribution in [3.63, 3.8) is 0 Å². The summed E-state index contributed by atoms with van der Waals surface area (Å²) in [6, 6.07) is 10.7. The zero-order valence-electron chi connectivity index (χ0n) is 16.9. The zero-order chi connectivity index (χ0) is 21.8. The smallest absolute Gasteiger partial charge is 0.247 e. The van der Waals surface area contributed by atoms with E-state index in [-0.39, 0.29) is 0 Å². The zero-order valence-corrected chi connectivity index (χ0v) is 18.5. The standard InChI is InChI=1S/C20H18ClN5O4S/c1-27-14-7-5-12(21)9-13(14)18-22-20(26-24-18)31-10-17-23-25-19(30-17)11-4-6-15(28-2)16(8-11)29-3/h4-9H,10H2,1-3H3,(H,22,24,26). The van der Waals surface area contributed by atoms with E-state index in [0.29, 0.717) is 50.8 Å². The number of halogens is 1. The quantitative estimate of drug-likeness (QED) is 0.381. The van der Waals surface area contributed by atoms with Crippen molar-refractivity contribution in [1.29, 1.82) is 0 Å². The summed E-state index contributed by atoms with van der Waals surface area (Å²) in [5, 5.41) is 16.4. The first-order valence-electron chi connectivity index (χ1n) is 9.05. The number of thioether (sulfide) groups is 1. The van der Waals surface area contributed by atoms with E-state index in [0.717, 1.165) is 11.1 Å². The molecule has 0 radical (unpaired) electrons. The lowest BCUT2D eigenvalue weighted by molar-refractivity contribution is 0.355. The van der Waals surface area contributed by atoms with Crippen LogP contribution in [0.15, 0.2) is 46.0 Å². The van der Waals surface area contributed by atoms with E-state index >= 15 is 0 Å². The topological polar surface area (TPSA) is 108 Å². The largest absolute Gasteiger partial charge is 0.496 e. The molecular weight excluding hydrogens is 442 g/mol. The third-order valence-corrected chi connectivity index (χ3v) is 5.37. The van der Waals surface area contributed by atoms with Crippen molar-refractivity contribution < 1.29 is 18.6 Å². The molecule has 0 spiro atoms. The van der Waals surface area contributed by atoms with Crippen LogP contribution in [0.4, 0.5) is 0 Å². The molecule has 2 heterocycles. The second-order valence-corrected chi connectivity index (χ2v) is 7.55. The summed E-state index contributed by atoms with van der Waals surface area (Å²) in [5.41, 5.74) is 1.46. The van der Waals surface area contributed by atoms with E-state index < -0.39 is 0 Å². The first-order valence-corrected chi connectivity index (χ1v) is 10.4. The summed E-state index contributed by atoms with van der Waals surface area (Å²) in [5.74, 6) is 3.64. The van der Waals surface area contributed by atoms with Gasteiger partial charge >= 0.3 is 0 Å². The normalized spacial score (nSPS) is 10.8. The van der Waals surface area contributed by atoms with Crippen LogP contribution < -0.4 is 14.2 Å². The van der Waals surface area contributed by atoms with Crippen molar-refractivity contribution in [2.24, 2.45) is 0 Å². The van der Waals surface area contributed by atoms with Gasteiger partial charge in [-0.25, -0.2) is 4.98 Å². The number of nitrogens with one attached hydrogen (secondary N) is 1. The van der Waals surface area contributed by atoms with E-state index in [1.165, 1.54) is 11.8 Å². The number of hydrogen-bond donors (Lipinski definition) is 1. The summed E-state index contributed by atoms with van der Waals surface area (Å²) in [7, 11) is 4.74. The molecule has 4 aromatic rings. The third kappa shape index (κ3) is 4.59. The van der Waals surface area contributed by atoms with Crippen LogP contribution in [0, 0.1) is 0 Å². The fourth-order valence-electron chi connectivity index (χ4n) is 2.82. The molecule has 31 heavy (non-hydrogen) atoms. The van der Waals surface area contributed by atoms with Gasteiger partial charge in [-0.3, -0.25) is 5.10 Å². The van der Waals surface area contributed by atoms with Crippen LogP contribution in [-0.2, 0) is 5.75 Å². The molecule has 160 valence electrons. The molecule has 0 bridgehead atoms. The summed E-state index contributed by atoms with van der Waals surface area (Å²) < 4.78 is 21.7. The number of methoxy groups -OCH3 is 3. The highest BCUT2D eigenvalue weighted by atomic mass is 35.5. The Kier molecular flexibility index (Phi) is 6.28. The number of H-pyrrole nitrogens is 1. The maximum atomic E-state index is 6.10. The van der Waals surface area contributed by atoms with Gasteiger partial charge in [0.2, 0.25) is 16.9 Å². The SMILES string of the molecule is COc1ccc(-c2nnc(CSc3n[nH]c(-c4cc(Cl)ccc4OC)n3)o2)cc1OC. The number of aromatic amines is 1. The minimum atomic E-state index is 0.385. The molecule has 2 aromatic heterocycles. The van der Waals surface area contributed by atoms with Crippen molar-refractivity contribution in [2.45, 2.75) is 10.9 Å². The summed E-state index contributed by atoms with van der Waals surface area (Å²) in [6.07, 6.45) is 0. The Labute approximate surface area is 187 Å². The summed E-state index contributed by atoms with van der Waals surface area (Å²) in [4.78, 5) is 4.49. The molecule has 0 unspecified atom stereocenters. The molecule has 0 saturated heterocycles. The summed E-state index contributed by atoms with van der Waals surface area (Å²) >= 11 is 7.46. The van der Waals surface area contributed by atoms with Gasteiger partial charge < -0.3 is 18.6 Å². The molecule has 0 fully saturated rings. The summed E-state index contributed by atoms with van der Waals surface area (Å²) in [6.45, 7) is 0. The average molecular weight is 460 g/mol. The van der Waals surface area contributed by atoms with E-state index in [2.05, 4.69) is 25.4 Å². The number of ether oxygens (including phenoxy) is 3. The highest BCUT2D eigenvalue weighted by Gasteiger charge is 2.15. The van der Waals surface area contributed by atoms with Gasteiger partial charge in [0.1, 0.15) is 5.75 Å². The van der Waals surface area contributed by atoms with Gasteiger partial charge in [-0.1, -0.05) is 23.4 Å². The highest BCUT2D eigenvalue weighted by Crippen LogP contribution is 2.33. The Morgan fingerprint density at radius 2 is 1.74 bits per heavy atom. The Morgan fingerprint density at radius 3 is 2.52 bits per heavy atom. The van der Waals surface area contributed by atoms with E-state index in [1.807, 2.05) is 6.07 Å². The molecule has 0 aliphatic heterocycles. The van der Waals surface area contributed by atoms with Gasteiger partial charge in [-0.2, -0.15) is 0 Å². The van der Waals surface area contributed by atoms with Crippen LogP contribution in [0.5, 0.6) is 17.2 Å². The van der Waals surface area contributed by atoms with Gasteiger partial charge in [0.15, 0.2) is 17.3 Å². The molecular formula is C20H18ClN5O4S. The minimum absolute atomic E-state index is 0.385. The second-order valence-electron chi connectivity index (χ2n) is 6.17. The molecule has 0 atom stereocenters. The van der Waals surface area contributed by atoms with Gasteiger partial charge in [-0.15, -0.1) is 15.3 Å². The monoisotopic (exact) mass is 459 g/mol. The van der Waals surface area contributed by atoms with Crippen molar-refractivity contribution in [3.05, 3.63) is 47.3 Å². The van der Waals surface area contributed by atoms with E-state index in [9.17, 15) is 0 Å². The number of aromatic nitrogens is 5. The van der Waals surface area contributed by atoms with Gasteiger partial charge in [-0.05, 0) is 36.4 Å². The second kappa shape index (κ2) is 9.27. The van der Waals surface area contributed by atoms with E-state index in [4.69, 9.17) is 30.2 Å². The van der Waals surface area contributed by atoms with Crippen LogP contribution in [0.25, 0.3) is 22.8 Å². The highest BCUT2D eigenvalue weighted by molar-refractivity contribution is 7.98. The Hall–Kier alpha value is -3.24. The number of rotatable bonds is 8. The van der Waals surface area contributed by atoms with Crippen molar-refractivity contribution in [1.82, 2.24) is 25.4 Å². The Bertz CT molecular complexity index is 1200. The van der Waals surface area contributed by atoms with Crippen LogP contribution in [0.3, 0.4) is 0 Å². The predicted octanol–water partition coefficient (Wildman–Crippen LogP) is 4.49. The maximum Gasteiger partial charge on any atom is 0.247 e. The lowest BCUT2D eigenvalue weighted by Crippen LogP contribution is -1.90. The number of benzene rings is 2. The molecule has 11 heteroatoms. The van der Waals surface area contributed by atoms with Crippen molar-refractivity contribution >= 4 is 23.4 Å². The van der Waals surface area contributed by atoms with E-state index in [1.54, 1.807) is 51.7 Å². The lowest BCUT2D eigenvalue weighted by Gasteiger charge is -2.07. The minimum Gasteiger partial charge on any atom is -0.496 e. The Balaban J connectivity index is 1.46. The first kappa shape index (κ1) is 21.0. The number of nitrogens with zero attached hydrogens (tertiary/aromatic N) is 4. The fourth-order valence-corrected chi connectivity index (χ4v) is 3.63. The Morgan fingerprint density at radius 1 is 0.968 bits per heavy atom. The average Bonchev–Trinajstić information content (AvgIpc) is 3.47. The van der Waals surface area contributed by atoms with Crippen LogP contribution in [0.2, 0.25) is 5.02 Å².